The lowest BCUT2D eigenvalue weighted by Crippen LogP contribution is -2.48. The van der Waals surface area contributed by atoms with Crippen LogP contribution in [0.5, 0.6) is 0 Å². The van der Waals surface area contributed by atoms with Crippen molar-refractivity contribution in [2.45, 2.75) is 43.2 Å². The molecule has 1 saturated heterocycles. The largest absolute Gasteiger partial charge is 0.391 e. The topological polar surface area (TPSA) is 87.6 Å². The van der Waals surface area contributed by atoms with Crippen LogP contribution in [0.2, 0.25) is 0 Å². The number of nitrogens with one attached hydrogen (secondary N) is 1. The van der Waals surface area contributed by atoms with E-state index in [4.69, 9.17) is 4.74 Å². The maximum absolute atomic E-state index is 12.7. The van der Waals surface area contributed by atoms with Crippen molar-refractivity contribution in [1.29, 1.82) is 0 Å². The number of hydrogen-bond acceptors (Lipinski definition) is 6. The van der Waals surface area contributed by atoms with E-state index < -0.39 is 0 Å². The Bertz CT molecular complexity index is 814. The molecule has 1 aromatic heterocycles. The predicted octanol–water partition coefficient (Wildman–Crippen LogP) is 1.78. The number of aliphatic hydroxyl groups excluding tert-OH is 1. The summed E-state index contributed by atoms with van der Waals surface area (Å²) in [4.78, 5) is 22.9. The minimum absolute atomic E-state index is 0.137. The van der Waals surface area contributed by atoms with Crippen LogP contribution in [0.3, 0.4) is 0 Å². The van der Waals surface area contributed by atoms with Crippen LogP contribution in [0.4, 0.5) is 0 Å². The van der Waals surface area contributed by atoms with Crippen molar-refractivity contribution in [1.82, 2.24) is 20.2 Å². The van der Waals surface area contributed by atoms with E-state index in [0.717, 1.165) is 45.6 Å². The zero-order chi connectivity index (χ0) is 20.8. The van der Waals surface area contributed by atoms with Crippen LogP contribution in [0.15, 0.2) is 49.1 Å². The van der Waals surface area contributed by atoms with Crippen LogP contribution in [0.1, 0.15) is 41.6 Å². The summed E-state index contributed by atoms with van der Waals surface area (Å²) in [5.41, 5.74) is 1.46. The fourth-order valence-electron chi connectivity index (χ4n) is 4.82. The lowest BCUT2D eigenvalue weighted by atomic mass is 9.74. The fraction of sp³-hybridized carbons (Fsp3) is 0.522. The molecule has 0 radical (unpaired) electrons. The molecule has 2 fully saturated rings. The van der Waals surface area contributed by atoms with Gasteiger partial charge in [0, 0.05) is 43.5 Å². The van der Waals surface area contributed by atoms with Gasteiger partial charge in [-0.3, -0.25) is 9.69 Å². The number of aliphatic hydroxyl groups is 1. The summed E-state index contributed by atoms with van der Waals surface area (Å²) in [6, 6.07) is 10.5. The second kappa shape index (κ2) is 9.64. The molecule has 7 nitrogen and oxygen atoms in total. The SMILES string of the molecule is O=C(NC[C@]1(c2ccccc2)CC[C@H](O)[C@@H](N2CCOCC2)CC1)c1cncnc1. The van der Waals surface area contributed by atoms with Gasteiger partial charge in [-0.2, -0.15) is 0 Å². The van der Waals surface area contributed by atoms with E-state index in [1.165, 1.54) is 24.3 Å². The number of rotatable bonds is 5. The van der Waals surface area contributed by atoms with Gasteiger partial charge in [-0.25, -0.2) is 9.97 Å². The fourth-order valence-corrected chi connectivity index (χ4v) is 4.82. The molecule has 2 aromatic rings. The van der Waals surface area contributed by atoms with Crippen molar-refractivity contribution in [3.63, 3.8) is 0 Å². The first-order chi connectivity index (χ1) is 14.7. The number of carbonyl (C=O) groups is 1. The first kappa shape index (κ1) is 20.9. The van der Waals surface area contributed by atoms with Gasteiger partial charge in [0.1, 0.15) is 6.33 Å². The summed E-state index contributed by atoms with van der Waals surface area (Å²) in [5, 5.41) is 14.1. The number of carbonyl (C=O) groups excluding carboxylic acids is 1. The number of amides is 1. The van der Waals surface area contributed by atoms with Crippen LogP contribution in [-0.4, -0.2) is 70.9 Å². The molecule has 0 spiro atoms. The molecule has 0 bridgehead atoms. The maximum Gasteiger partial charge on any atom is 0.254 e. The Morgan fingerprint density at radius 1 is 1.13 bits per heavy atom. The third-order valence-corrected chi connectivity index (χ3v) is 6.59. The van der Waals surface area contributed by atoms with Crippen molar-refractivity contribution >= 4 is 5.91 Å². The van der Waals surface area contributed by atoms with Crippen LogP contribution in [-0.2, 0) is 10.2 Å². The van der Waals surface area contributed by atoms with Gasteiger partial charge in [-0.05, 0) is 31.2 Å². The highest BCUT2D eigenvalue weighted by Gasteiger charge is 2.40. The molecule has 7 heteroatoms. The molecule has 4 rings (SSSR count). The Balaban J connectivity index is 1.53. The summed E-state index contributed by atoms with van der Waals surface area (Å²) in [6.45, 7) is 3.70. The van der Waals surface area contributed by atoms with E-state index in [1.807, 2.05) is 18.2 Å². The van der Waals surface area contributed by atoms with Crippen molar-refractivity contribution in [2.24, 2.45) is 0 Å². The van der Waals surface area contributed by atoms with Gasteiger partial charge in [-0.1, -0.05) is 30.3 Å². The monoisotopic (exact) mass is 410 g/mol. The zero-order valence-electron chi connectivity index (χ0n) is 17.2. The molecule has 160 valence electrons. The molecule has 1 aromatic carbocycles. The first-order valence-electron chi connectivity index (χ1n) is 10.8. The van der Waals surface area contributed by atoms with Crippen molar-refractivity contribution in [3.8, 4) is 0 Å². The normalized spacial score (nSPS) is 27.9. The molecule has 1 aliphatic heterocycles. The van der Waals surface area contributed by atoms with E-state index in [0.29, 0.717) is 18.5 Å². The van der Waals surface area contributed by atoms with E-state index in [2.05, 4.69) is 32.3 Å². The zero-order valence-corrected chi connectivity index (χ0v) is 17.2. The summed E-state index contributed by atoms with van der Waals surface area (Å²) in [6.07, 6.45) is 7.44. The van der Waals surface area contributed by atoms with Crippen molar-refractivity contribution < 1.29 is 14.6 Å². The molecule has 3 atom stereocenters. The standard InChI is InChI=1S/C23H30N4O3/c28-21-7-9-23(19-4-2-1-3-5-19,8-6-20(21)27-10-12-30-13-11-27)16-26-22(29)18-14-24-17-25-15-18/h1-5,14-15,17,20-21,28H,6-13,16H2,(H,26,29)/t20-,21-,23+/m0/s1. The van der Waals surface area contributed by atoms with Gasteiger partial charge in [0.05, 0.1) is 24.9 Å². The van der Waals surface area contributed by atoms with Crippen LogP contribution >= 0.6 is 0 Å². The summed E-state index contributed by atoms with van der Waals surface area (Å²) >= 11 is 0. The Labute approximate surface area is 177 Å². The van der Waals surface area contributed by atoms with Gasteiger partial charge in [0.15, 0.2) is 0 Å². The van der Waals surface area contributed by atoms with Gasteiger partial charge in [-0.15, -0.1) is 0 Å². The number of nitrogens with zero attached hydrogens (tertiary/aromatic N) is 3. The van der Waals surface area contributed by atoms with Gasteiger partial charge in [0.2, 0.25) is 0 Å². The molecule has 2 N–H and O–H groups in total. The van der Waals surface area contributed by atoms with E-state index in [9.17, 15) is 9.90 Å². The lowest BCUT2D eigenvalue weighted by molar-refractivity contribution is -0.0236. The number of benzene rings is 1. The van der Waals surface area contributed by atoms with Crippen LogP contribution in [0.25, 0.3) is 0 Å². The highest BCUT2D eigenvalue weighted by molar-refractivity contribution is 5.93. The number of hydrogen-bond donors (Lipinski definition) is 2. The Morgan fingerprint density at radius 3 is 2.57 bits per heavy atom. The minimum atomic E-state index is -0.369. The van der Waals surface area contributed by atoms with Gasteiger partial charge < -0.3 is 15.2 Å². The smallest absolute Gasteiger partial charge is 0.254 e. The summed E-state index contributed by atoms with van der Waals surface area (Å²) in [5.74, 6) is -0.166. The molecule has 2 heterocycles. The molecule has 2 aliphatic rings. The number of morpholine rings is 1. The highest BCUT2D eigenvalue weighted by Crippen LogP contribution is 2.39. The maximum atomic E-state index is 12.7. The number of ether oxygens (including phenoxy) is 1. The van der Waals surface area contributed by atoms with E-state index in [1.54, 1.807) is 0 Å². The Morgan fingerprint density at radius 2 is 1.83 bits per heavy atom. The second-order valence-corrected chi connectivity index (χ2v) is 8.32. The summed E-state index contributed by atoms with van der Waals surface area (Å²) in [7, 11) is 0. The molecule has 0 unspecified atom stereocenters. The third-order valence-electron chi connectivity index (χ3n) is 6.59. The first-order valence-corrected chi connectivity index (χ1v) is 10.8. The van der Waals surface area contributed by atoms with Crippen molar-refractivity contribution in [2.75, 3.05) is 32.8 Å². The molecular weight excluding hydrogens is 380 g/mol. The summed E-state index contributed by atoms with van der Waals surface area (Å²) < 4.78 is 5.49. The predicted molar refractivity (Wildman–Crippen MR) is 113 cm³/mol. The van der Waals surface area contributed by atoms with Crippen LogP contribution in [0, 0.1) is 0 Å². The average molecular weight is 411 g/mol. The molecule has 1 amide bonds. The third kappa shape index (κ3) is 4.69. The van der Waals surface area contributed by atoms with Crippen molar-refractivity contribution in [3.05, 3.63) is 60.2 Å². The molecular formula is C23H30N4O3. The van der Waals surface area contributed by atoms with Crippen LogP contribution < -0.4 is 5.32 Å². The molecule has 1 aliphatic carbocycles. The van der Waals surface area contributed by atoms with Gasteiger partial charge in [0.25, 0.3) is 5.91 Å². The van der Waals surface area contributed by atoms with E-state index >= 15 is 0 Å². The molecule has 30 heavy (non-hydrogen) atoms. The quantitative estimate of drug-likeness (QED) is 0.731. The highest BCUT2D eigenvalue weighted by atomic mass is 16.5. The minimum Gasteiger partial charge on any atom is -0.391 e. The Kier molecular flexibility index (Phi) is 6.72. The van der Waals surface area contributed by atoms with E-state index in [-0.39, 0.29) is 23.5 Å². The average Bonchev–Trinajstić information content (AvgIpc) is 2.99. The Hall–Kier alpha value is -2.35. The molecule has 1 saturated carbocycles. The van der Waals surface area contributed by atoms with Gasteiger partial charge >= 0.3 is 0 Å². The lowest BCUT2D eigenvalue weighted by Gasteiger charge is -2.37. The number of aromatic nitrogens is 2. The second-order valence-electron chi connectivity index (χ2n) is 8.32.